The summed E-state index contributed by atoms with van der Waals surface area (Å²) in [5.74, 6) is 0. The van der Waals surface area contributed by atoms with Crippen LogP contribution in [-0.4, -0.2) is 11.5 Å². The van der Waals surface area contributed by atoms with Crippen molar-refractivity contribution in [3.63, 3.8) is 0 Å². The van der Waals surface area contributed by atoms with Gasteiger partial charge in [-0.05, 0) is 43.1 Å². The van der Waals surface area contributed by atoms with Gasteiger partial charge in [0.05, 0.1) is 29.3 Å². The van der Waals surface area contributed by atoms with Gasteiger partial charge in [-0.3, -0.25) is 4.98 Å². The molecule has 1 atom stereocenters. The molecule has 2 aromatic rings. The topological polar surface area (TPSA) is 38.1 Å². The van der Waals surface area contributed by atoms with Crippen LogP contribution in [0.4, 0.5) is 0 Å². The van der Waals surface area contributed by atoms with Gasteiger partial charge < -0.3 is 9.73 Å². The number of halogens is 1. The summed E-state index contributed by atoms with van der Waals surface area (Å²) >= 11 is 6.21. The molecule has 0 aromatic carbocycles. The predicted octanol–water partition coefficient (Wildman–Crippen LogP) is 3.61. The van der Waals surface area contributed by atoms with Crippen LogP contribution in [0.15, 0.2) is 41.3 Å². The first kappa shape index (κ1) is 13.1. The van der Waals surface area contributed by atoms with Gasteiger partial charge in [-0.25, -0.2) is 0 Å². The van der Waals surface area contributed by atoms with Crippen molar-refractivity contribution in [2.75, 3.05) is 6.54 Å². The van der Waals surface area contributed by atoms with E-state index in [2.05, 4.69) is 17.2 Å². The van der Waals surface area contributed by atoms with Crippen molar-refractivity contribution in [1.82, 2.24) is 10.3 Å². The Bertz CT molecular complexity index is 470. The van der Waals surface area contributed by atoms with E-state index in [9.17, 15) is 0 Å². The number of aromatic nitrogens is 1. The van der Waals surface area contributed by atoms with Crippen molar-refractivity contribution < 1.29 is 4.42 Å². The zero-order valence-electron chi connectivity index (χ0n) is 10.4. The standard InChI is InChI=1S/C14H17ClN2O/c1-2-6-16-13(9-11-5-8-18-10-11)14-12(15)4-3-7-17-14/h3-5,7-8,10,13,16H,2,6,9H2,1H3. The molecule has 2 heterocycles. The lowest BCUT2D eigenvalue weighted by Gasteiger charge is -2.18. The van der Waals surface area contributed by atoms with Gasteiger partial charge in [0.15, 0.2) is 0 Å². The van der Waals surface area contributed by atoms with Gasteiger partial charge in [-0.2, -0.15) is 0 Å². The number of hydrogen-bond donors (Lipinski definition) is 1. The monoisotopic (exact) mass is 264 g/mol. The van der Waals surface area contributed by atoms with Crippen molar-refractivity contribution >= 4 is 11.6 Å². The van der Waals surface area contributed by atoms with Crippen LogP contribution in [0.2, 0.25) is 5.02 Å². The van der Waals surface area contributed by atoms with E-state index in [0.29, 0.717) is 5.02 Å². The van der Waals surface area contributed by atoms with Crippen molar-refractivity contribution in [2.45, 2.75) is 25.8 Å². The second-order valence-corrected chi connectivity index (χ2v) is 4.62. The Labute approximate surface area is 112 Å². The number of nitrogens with zero attached hydrogens (tertiary/aromatic N) is 1. The highest BCUT2D eigenvalue weighted by atomic mass is 35.5. The average Bonchev–Trinajstić information content (AvgIpc) is 2.88. The van der Waals surface area contributed by atoms with Gasteiger partial charge in [-0.1, -0.05) is 18.5 Å². The van der Waals surface area contributed by atoms with Gasteiger partial charge in [0.2, 0.25) is 0 Å². The molecule has 1 N–H and O–H groups in total. The van der Waals surface area contributed by atoms with Crippen LogP contribution in [0.3, 0.4) is 0 Å². The molecule has 4 heteroatoms. The van der Waals surface area contributed by atoms with Gasteiger partial charge >= 0.3 is 0 Å². The molecule has 0 fully saturated rings. The minimum absolute atomic E-state index is 0.122. The molecule has 0 saturated heterocycles. The smallest absolute Gasteiger partial charge is 0.0935 e. The quantitative estimate of drug-likeness (QED) is 0.866. The maximum absolute atomic E-state index is 6.21. The fourth-order valence-corrected chi connectivity index (χ4v) is 2.14. The molecule has 2 aromatic heterocycles. The molecular weight excluding hydrogens is 248 g/mol. The molecule has 3 nitrogen and oxygen atoms in total. The third-order valence-electron chi connectivity index (χ3n) is 2.78. The van der Waals surface area contributed by atoms with Gasteiger partial charge in [-0.15, -0.1) is 0 Å². The lowest BCUT2D eigenvalue weighted by atomic mass is 10.0. The molecule has 18 heavy (non-hydrogen) atoms. The SMILES string of the molecule is CCCNC(Cc1ccoc1)c1ncccc1Cl. The van der Waals surface area contributed by atoms with Crippen LogP contribution >= 0.6 is 11.6 Å². The van der Waals surface area contributed by atoms with E-state index in [1.165, 1.54) is 0 Å². The third-order valence-corrected chi connectivity index (χ3v) is 3.10. The summed E-state index contributed by atoms with van der Waals surface area (Å²) in [6.45, 7) is 3.08. The number of rotatable bonds is 6. The minimum atomic E-state index is 0.122. The summed E-state index contributed by atoms with van der Waals surface area (Å²) < 4.78 is 5.10. The van der Waals surface area contributed by atoms with Crippen LogP contribution in [0.1, 0.15) is 30.6 Å². The van der Waals surface area contributed by atoms with E-state index in [0.717, 1.165) is 30.6 Å². The van der Waals surface area contributed by atoms with E-state index in [1.54, 1.807) is 18.7 Å². The van der Waals surface area contributed by atoms with Gasteiger partial charge in [0.25, 0.3) is 0 Å². The number of hydrogen-bond acceptors (Lipinski definition) is 3. The number of pyridine rings is 1. The molecule has 0 aliphatic heterocycles. The maximum atomic E-state index is 6.21. The Hall–Kier alpha value is -1.32. The van der Waals surface area contributed by atoms with E-state index >= 15 is 0 Å². The van der Waals surface area contributed by atoms with Crippen LogP contribution in [0, 0.1) is 0 Å². The zero-order valence-corrected chi connectivity index (χ0v) is 11.2. The molecule has 0 aliphatic carbocycles. The predicted molar refractivity (Wildman–Crippen MR) is 72.7 cm³/mol. The summed E-state index contributed by atoms with van der Waals surface area (Å²) in [5, 5.41) is 4.18. The van der Waals surface area contributed by atoms with E-state index in [1.807, 2.05) is 18.2 Å². The van der Waals surface area contributed by atoms with Crippen LogP contribution in [0.5, 0.6) is 0 Å². The molecule has 0 bridgehead atoms. The molecule has 0 amide bonds. The lowest BCUT2D eigenvalue weighted by molar-refractivity contribution is 0.511. The molecule has 2 rings (SSSR count). The summed E-state index contributed by atoms with van der Waals surface area (Å²) in [5.41, 5.74) is 2.04. The second kappa shape index (κ2) is 6.57. The van der Waals surface area contributed by atoms with Crippen molar-refractivity contribution in [3.05, 3.63) is 53.2 Å². The fourth-order valence-electron chi connectivity index (χ4n) is 1.88. The average molecular weight is 265 g/mol. The molecule has 1 unspecified atom stereocenters. The Balaban J connectivity index is 2.16. The fraction of sp³-hybridized carbons (Fsp3) is 0.357. The molecule has 0 aliphatic rings. The Morgan fingerprint density at radius 2 is 2.33 bits per heavy atom. The minimum Gasteiger partial charge on any atom is -0.472 e. The van der Waals surface area contributed by atoms with Crippen LogP contribution in [0.25, 0.3) is 0 Å². The summed E-state index contributed by atoms with van der Waals surface area (Å²) in [6, 6.07) is 5.81. The van der Waals surface area contributed by atoms with Crippen LogP contribution < -0.4 is 5.32 Å². The highest BCUT2D eigenvalue weighted by Crippen LogP contribution is 2.23. The lowest BCUT2D eigenvalue weighted by Crippen LogP contribution is -2.25. The normalized spacial score (nSPS) is 12.6. The van der Waals surface area contributed by atoms with Crippen molar-refractivity contribution in [2.24, 2.45) is 0 Å². The van der Waals surface area contributed by atoms with Crippen LogP contribution in [-0.2, 0) is 6.42 Å². The molecular formula is C14H17ClN2O. The van der Waals surface area contributed by atoms with Crippen molar-refractivity contribution in [3.8, 4) is 0 Å². The number of furan rings is 1. The summed E-state index contributed by atoms with van der Waals surface area (Å²) in [6.07, 6.45) is 7.13. The molecule has 0 saturated carbocycles. The third kappa shape index (κ3) is 3.34. The van der Waals surface area contributed by atoms with E-state index < -0.39 is 0 Å². The van der Waals surface area contributed by atoms with Gasteiger partial charge in [0.1, 0.15) is 0 Å². The first-order chi connectivity index (χ1) is 8.81. The Kier molecular flexibility index (Phi) is 4.79. The van der Waals surface area contributed by atoms with Gasteiger partial charge in [0, 0.05) is 6.20 Å². The van der Waals surface area contributed by atoms with Crippen molar-refractivity contribution in [1.29, 1.82) is 0 Å². The summed E-state index contributed by atoms with van der Waals surface area (Å²) in [4.78, 5) is 4.39. The highest BCUT2D eigenvalue weighted by molar-refractivity contribution is 6.31. The Morgan fingerprint density at radius 1 is 1.44 bits per heavy atom. The second-order valence-electron chi connectivity index (χ2n) is 4.21. The van der Waals surface area contributed by atoms with E-state index in [-0.39, 0.29) is 6.04 Å². The highest BCUT2D eigenvalue weighted by Gasteiger charge is 2.16. The Morgan fingerprint density at radius 3 is 3.00 bits per heavy atom. The van der Waals surface area contributed by atoms with E-state index in [4.69, 9.17) is 16.0 Å². The molecule has 0 radical (unpaired) electrons. The summed E-state index contributed by atoms with van der Waals surface area (Å²) in [7, 11) is 0. The largest absolute Gasteiger partial charge is 0.472 e. The molecule has 0 spiro atoms. The number of nitrogens with one attached hydrogen (secondary N) is 1. The first-order valence-electron chi connectivity index (χ1n) is 6.16. The first-order valence-corrected chi connectivity index (χ1v) is 6.54. The zero-order chi connectivity index (χ0) is 12.8. The maximum Gasteiger partial charge on any atom is 0.0935 e. The molecule has 96 valence electrons.